The quantitative estimate of drug-likeness (QED) is 0.321. The zero-order valence-electron chi connectivity index (χ0n) is 17.1. The molecular weight excluding hydrogens is 426 g/mol. The van der Waals surface area contributed by atoms with Gasteiger partial charge < -0.3 is 14.9 Å². The number of carbonyl (C=O) groups excluding carboxylic acids is 1. The van der Waals surface area contributed by atoms with E-state index in [0.29, 0.717) is 11.6 Å². The smallest absolute Gasteiger partial charge is 0.239 e. The summed E-state index contributed by atoms with van der Waals surface area (Å²) < 4.78 is 2.07. The van der Waals surface area contributed by atoms with Gasteiger partial charge in [0.05, 0.1) is 10.6 Å². The number of fused-ring (bicyclic) bond motifs is 2. The summed E-state index contributed by atoms with van der Waals surface area (Å²) in [6.07, 6.45) is 2.82. The third-order valence-corrected chi connectivity index (χ3v) is 6.71. The minimum absolute atomic E-state index is 0.00118. The average Bonchev–Trinajstić information content (AvgIpc) is 3.47. The number of benzene rings is 2. The van der Waals surface area contributed by atoms with Crippen molar-refractivity contribution in [3.05, 3.63) is 82.3 Å². The number of aromatic nitrogens is 2. The topological polar surface area (TPSA) is 49.8 Å². The molecule has 0 radical (unpaired) electrons. The van der Waals surface area contributed by atoms with Crippen molar-refractivity contribution in [1.82, 2.24) is 14.9 Å². The molecule has 0 aliphatic carbocycles. The molecule has 3 aromatic heterocycles. The molecule has 0 saturated carbocycles. The van der Waals surface area contributed by atoms with Gasteiger partial charge in [0.25, 0.3) is 0 Å². The van der Waals surface area contributed by atoms with Crippen molar-refractivity contribution >= 4 is 50.7 Å². The highest BCUT2D eigenvalue weighted by Gasteiger charge is 2.15. The summed E-state index contributed by atoms with van der Waals surface area (Å²) in [6, 6.07) is 18.4. The molecule has 0 bridgehead atoms. The van der Waals surface area contributed by atoms with Gasteiger partial charge in [0.15, 0.2) is 0 Å². The van der Waals surface area contributed by atoms with Gasteiger partial charge >= 0.3 is 0 Å². The molecule has 0 aliphatic heterocycles. The number of nitrogens with zero attached hydrogens (tertiary/aromatic N) is 1. The molecular formula is C25H22ClN3OS. The lowest BCUT2D eigenvalue weighted by Crippen LogP contribution is -2.29. The number of hydrogen-bond donors (Lipinski definition) is 2. The monoisotopic (exact) mass is 447 g/mol. The first-order chi connectivity index (χ1) is 15.1. The van der Waals surface area contributed by atoms with Crippen molar-refractivity contribution < 1.29 is 4.79 Å². The fraction of sp³-hybridized carbons (Fsp3) is 0.160. The van der Waals surface area contributed by atoms with Crippen molar-refractivity contribution in [2.45, 2.75) is 19.9 Å². The second kappa shape index (κ2) is 8.25. The molecule has 0 fully saturated rings. The van der Waals surface area contributed by atoms with Crippen molar-refractivity contribution in [1.29, 1.82) is 0 Å². The maximum Gasteiger partial charge on any atom is 0.239 e. The lowest BCUT2D eigenvalue weighted by atomic mass is 10.1. The largest absolute Gasteiger partial charge is 0.361 e. The van der Waals surface area contributed by atoms with E-state index in [1.165, 1.54) is 16.5 Å². The van der Waals surface area contributed by atoms with E-state index >= 15 is 0 Å². The lowest BCUT2D eigenvalue weighted by Gasteiger charge is -2.11. The standard InChI is InChI=1S/C25H22ClN3OS/c1-16-4-6-21-20(11-16)17(14-28-21)8-9-27-25(30)15-29-22-7-5-19(26)12-18(22)13-23(29)24-3-2-10-31-24/h2-7,10-14,28H,8-9,15H2,1H3,(H,27,30). The first-order valence-corrected chi connectivity index (χ1v) is 11.5. The van der Waals surface area contributed by atoms with Gasteiger partial charge in [-0.15, -0.1) is 11.3 Å². The minimum atomic E-state index is 0.00118. The van der Waals surface area contributed by atoms with E-state index in [9.17, 15) is 4.79 Å². The van der Waals surface area contributed by atoms with Crippen LogP contribution in [0.4, 0.5) is 0 Å². The maximum atomic E-state index is 12.8. The Morgan fingerprint density at radius 2 is 2.06 bits per heavy atom. The molecule has 2 N–H and O–H groups in total. The first kappa shape index (κ1) is 19.9. The predicted molar refractivity (Wildman–Crippen MR) is 130 cm³/mol. The van der Waals surface area contributed by atoms with Crippen molar-refractivity contribution in [2.24, 2.45) is 0 Å². The Morgan fingerprint density at radius 1 is 1.16 bits per heavy atom. The number of halogens is 1. The number of amides is 1. The summed E-state index contributed by atoms with van der Waals surface area (Å²) in [7, 11) is 0. The van der Waals surface area contributed by atoms with Crippen molar-refractivity contribution in [3.63, 3.8) is 0 Å². The molecule has 2 aromatic carbocycles. The molecule has 0 saturated heterocycles. The Hall–Kier alpha value is -3.02. The molecule has 6 heteroatoms. The predicted octanol–water partition coefficient (Wildman–Crippen LogP) is 6.17. The average molecular weight is 448 g/mol. The van der Waals surface area contributed by atoms with Crippen LogP contribution in [0.25, 0.3) is 32.4 Å². The van der Waals surface area contributed by atoms with Gasteiger partial charge in [0.2, 0.25) is 5.91 Å². The Bertz CT molecular complexity index is 1380. The van der Waals surface area contributed by atoms with E-state index in [4.69, 9.17) is 11.6 Å². The van der Waals surface area contributed by atoms with Crippen LogP contribution in [0.5, 0.6) is 0 Å². The number of rotatable bonds is 6. The number of carbonyl (C=O) groups is 1. The van der Waals surface area contributed by atoms with Gasteiger partial charge in [-0.2, -0.15) is 0 Å². The van der Waals surface area contributed by atoms with Crippen LogP contribution in [0.15, 0.2) is 66.2 Å². The van der Waals surface area contributed by atoms with E-state index in [1.54, 1.807) is 11.3 Å². The Balaban J connectivity index is 1.33. The van der Waals surface area contributed by atoms with Crippen LogP contribution in [0.3, 0.4) is 0 Å². The molecule has 4 nitrogen and oxygen atoms in total. The van der Waals surface area contributed by atoms with E-state index in [0.717, 1.165) is 33.4 Å². The highest BCUT2D eigenvalue weighted by Crippen LogP contribution is 2.32. The normalized spacial score (nSPS) is 11.4. The molecule has 5 rings (SSSR count). The Labute approximate surface area is 189 Å². The third-order valence-electron chi connectivity index (χ3n) is 5.58. The van der Waals surface area contributed by atoms with Gasteiger partial charge in [0, 0.05) is 39.6 Å². The third kappa shape index (κ3) is 3.99. The summed E-state index contributed by atoms with van der Waals surface area (Å²) in [5.74, 6) is 0.00118. The fourth-order valence-corrected chi connectivity index (χ4v) is 5.01. The van der Waals surface area contributed by atoms with Crippen LogP contribution >= 0.6 is 22.9 Å². The number of H-pyrrole nitrogens is 1. The van der Waals surface area contributed by atoms with Gasteiger partial charge in [-0.25, -0.2) is 0 Å². The molecule has 0 unspecified atom stereocenters. The van der Waals surface area contributed by atoms with E-state index in [2.05, 4.69) is 52.1 Å². The number of hydrogen-bond acceptors (Lipinski definition) is 2. The van der Waals surface area contributed by atoms with Crippen molar-refractivity contribution in [3.8, 4) is 10.6 Å². The van der Waals surface area contributed by atoms with Crippen LogP contribution in [-0.4, -0.2) is 22.0 Å². The summed E-state index contributed by atoms with van der Waals surface area (Å²) in [6.45, 7) is 2.96. The minimum Gasteiger partial charge on any atom is -0.361 e. The highest BCUT2D eigenvalue weighted by molar-refractivity contribution is 7.13. The maximum absolute atomic E-state index is 12.8. The van der Waals surface area contributed by atoms with Crippen LogP contribution in [0.2, 0.25) is 5.02 Å². The van der Waals surface area contributed by atoms with Crippen LogP contribution in [0, 0.1) is 6.92 Å². The fourth-order valence-electron chi connectivity index (χ4n) is 4.08. The van der Waals surface area contributed by atoms with Crippen LogP contribution in [-0.2, 0) is 17.8 Å². The molecule has 0 spiro atoms. The highest BCUT2D eigenvalue weighted by atomic mass is 35.5. The second-order valence-corrected chi connectivity index (χ2v) is 9.14. The molecule has 0 atom stereocenters. The number of aromatic amines is 1. The van der Waals surface area contributed by atoms with E-state index in [-0.39, 0.29) is 12.5 Å². The molecule has 0 aliphatic rings. The van der Waals surface area contributed by atoms with E-state index in [1.807, 2.05) is 35.8 Å². The molecule has 31 heavy (non-hydrogen) atoms. The SMILES string of the molecule is Cc1ccc2[nH]cc(CCNC(=O)Cn3c(-c4cccs4)cc4cc(Cl)ccc43)c2c1. The number of nitrogens with one attached hydrogen (secondary N) is 2. The van der Waals surface area contributed by atoms with Gasteiger partial charge in [0.1, 0.15) is 6.54 Å². The summed E-state index contributed by atoms with van der Waals surface area (Å²) >= 11 is 7.86. The van der Waals surface area contributed by atoms with Crippen LogP contribution in [0.1, 0.15) is 11.1 Å². The Morgan fingerprint density at radius 3 is 2.90 bits per heavy atom. The zero-order chi connectivity index (χ0) is 21.4. The van der Waals surface area contributed by atoms with Gasteiger partial charge in [-0.05, 0) is 66.8 Å². The van der Waals surface area contributed by atoms with Crippen molar-refractivity contribution in [2.75, 3.05) is 6.54 Å². The molecule has 156 valence electrons. The molecule has 3 heterocycles. The Kier molecular flexibility index (Phi) is 5.30. The number of thiophene rings is 1. The lowest BCUT2D eigenvalue weighted by molar-refractivity contribution is -0.121. The van der Waals surface area contributed by atoms with E-state index < -0.39 is 0 Å². The van der Waals surface area contributed by atoms with Gasteiger partial charge in [-0.1, -0.05) is 29.3 Å². The number of aryl methyl sites for hydroxylation is 1. The summed E-state index contributed by atoms with van der Waals surface area (Å²) in [4.78, 5) is 17.3. The zero-order valence-corrected chi connectivity index (χ0v) is 18.7. The molecule has 5 aromatic rings. The summed E-state index contributed by atoms with van der Waals surface area (Å²) in [5.41, 5.74) is 5.63. The molecule has 1 amide bonds. The summed E-state index contributed by atoms with van der Waals surface area (Å²) in [5, 5.41) is 8.10. The van der Waals surface area contributed by atoms with Crippen LogP contribution < -0.4 is 5.32 Å². The first-order valence-electron chi connectivity index (χ1n) is 10.2. The van der Waals surface area contributed by atoms with Gasteiger partial charge in [-0.3, -0.25) is 4.79 Å². The second-order valence-electron chi connectivity index (χ2n) is 7.76.